The summed E-state index contributed by atoms with van der Waals surface area (Å²) in [6.07, 6.45) is 0.632. The molecule has 0 unspecified atom stereocenters. The number of benzene rings is 1. The van der Waals surface area contributed by atoms with Gasteiger partial charge in [0.05, 0.1) is 22.7 Å². The average molecular weight is 391 g/mol. The highest BCUT2D eigenvalue weighted by Crippen LogP contribution is 2.32. The van der Waals surface area contributed by atoms with E-state index in [0.29, 0.717) is 27.8 Å². The molecule has 21 heavy (non-hydrogen) atoms. The number of methoxy groups -OCH3 is 1. The highest BCUT2D eigenvalue weighted by atomic mass is 79.9. The molecule has 0 radical (unpaired) electrons. The van der Waals surface area contributed by atoms with Crippen molar-refractivity contribution < 1.29 is 14.3 Å². The minimum atomic E-state index is 0.102. The van der Waals surface area contributed by atoms with E-state index in [4.69, 9.17) is 32.7 Å². The molecule has 0 bridgehead atoms. The van der Waals surface area contributed by atoms with Gasteiger partial charge in [-0.1, -0.05) is 29.3 Å². The normalized spacial score (nSPS) is 10.3. The molecular formula is C14H10BrCl2NO3. The maximum Gasteiger partial charge on any atom is 0.224 e. The second kappa shape index (κ2) is 7.11. The number of carbonyl (C=O) groups excluding carboxylic acids is 1. The molecule has 0 spiro atoms. The average Bonchev–Trinajstić information content (AvgIpc) is 2.49. The zero-order valence-corrected chi connectivity index (χ0v) is 14.0. The van der Waals surface area contributed by atoms with Gasteiger partial charge in [-0.25, -0.2) is 4.98 Å². The fourth-order valence-corrected chi connectivity index (χ4v) is 2.36. The molecule has 2 rings (SSSR count). The molecule has 110 valence electrons. The molecule has 2 aromatic rings. The maximum absolute atomic E-state index is 10.9. The minimum Gasteiger partial charge on any atom is -0.486 e. The van der Waals surface area contributed by atoms with Crippen molar-refractivity contribution in [3.8, 4) is 11.6 Å². The SMILES string of the molecule is COc1nc(COc2cccc(Br)c2Cl)c(Cl)cc1C=O. The van der Waals surface area contributed by atoms with Crippen LogP contribution >= 0.6 is 39.1 Å². The van der Waals surface area contributed by atoms with Gasteiger partial charge in [-0.15, -0.1) is 0 Å². The molecular weight excluding hydrogens is 381 g/mol. The molecule has 7 heteroatoms. The van der Waals surface area contributed by atoms with Crippen molar-refractivity contribution in [1.29, 1.82) is 0 Å². The topological polar surface area (TPSA) is 48.4 Å². The molecule has 0 saturated heterocycles. The zero-order valence-electron chi connectivity index (χ0n) is 10.9. The van der Waals surface area contributed by atoms with Crippen LogP contribution in [-0.4, -0.2) is 18.4 Å². The summed E-state index contributed by atoms with van der Waals surface area (Å²) in [6, 6.07) is 6.83. The van der Waals surface area contributed by atoms with Gasteiger partial charge in [0, 0.05) is 4.47 Å². The Bertz CT molecular complexity index is 680. The van der Waals surface area contributed by atoms with E-state index in [1.165, 1.54) is 13.2 Å². The van der Waals surface area contributed by atoms with Crippen molar-refractivity contribution in [2.45, 2.75) is 6.61 Å². The van der Waals surface area contributed by atoms with Crippen LogP contribution in [0.1, 0.15) is 16.1 Å². The Balaban J connectivity index is 2.24. The predicted octanol–water partition coefficient (Wildman–Crippen LogP) is 4.55. The summed E-state index contributed by atoms with van der Waals surface area (Å²) in [4.78, 5) is 15.0. The molecule has 0 N–H and O–H groups in total. The predicted molar refractivity (Wildman–Crippen MR) is 84.7 cm³/mol. The zero-order chi connectivity index (χ0) is 15.4. The van der Waals surface area contributed by atoms with E-state index in [0.717, 1.165) is 4.47 Å². The number of carbonyl (C=O) groups is 1. The van der Waals surface area contributed by atoms with Crippen LogP contribution in [0.25, 0.3) is 0 Å². The lowest BCUT2D eigenvalue weighted by Crippen LogP contribution is -2.03. The summed E-state index contributed by atoms with van der Waals surface area (Å²) >= 11 is 15.5. The van der Waals surface area contributed by atoms with Crippen molar-refractivity contribution >= 4 is 45.4 Å². The molecule has 0 aliphatic carbocycles. The lowest BCUT2D eigenvalue weighted by molar-refractivity contribution is 0.111. The first-order valence-electron chi connectivity index (χ1n) is 5.82. The lowest BCUT2D eigenvalue weighted by Gasteiger charge is -2.11. The van der Waals surface area contributed by atoms with Crippen molar-refractivity contribution in [2.75, 3.05) is 7.11 Å². The number of aldehydes is 1. The summed E-state index contributed by atoms with van der Waals surface area (Å²) in [5, 5.41) is 0.786. The number of rotatable bonds is 5. The Kier molecular flexibility index (Phi) is 5.45. The van der Waals surface area contributed by atoms with E-state index < -0.39 is 0 Å². The first-order valence-corrected chi connectivity index (χ1v) is 7.37. The molecule has 0 saturated carbocycles. The second-order valence-corrected chi connectivity index (χ2v) is 5.61. The van der Waals surface area contributed by atoms with E-state index in [-0.39, 0.29) is 18.1 Å². The largest absolute Gasteiger partial charge is 0.486 e. The molecule has 0 amide bonds. The van der Waals surface area contributed by atoms with Gasteiger partial charge < -0.3 is 9.47 Å². The fourth-order valence-electron chi connectivity index (χ4n) is 1.61. The molecule has 0 atom stereocenters. The van der Waals surface area contributed by atoms with Crippen molar-refractivity contribution in [1.82, 2.24) is 4.98 Å². The van der Waals surface area contributed by atoms with Gasteiger partial charge in [0.25, 0.3) is 0 Å². The van der Waals surface area contributed by atoms with Gasteiger partial charge in [-0.3, -0.25) is 4.79 Å². The van der Waals surface area contributed by atoms with Crippen molar-refractivity contribution in [3.63, 3.8) is 0 Å². The Hall–Kier alpha value is -1.30. The molecule has 0 aliphatic rings. The highest BCUT2D eigenvalue weighted by Gasteiger charge is 2.12. The highest BCUT2D eigenvalue weighted by molar-refractivity contribution is 9.10. The van der Waals surface area contributed by atoms with E-state index in [9.17, 15) is 4.79 Å². The third-order valence-corrected chi connectivity index (χ3v) is 4.25. The van der Waals surface area contributed by atoms with Gasteiger partial charge >= 0.3 is 0 Å². The number of hydrogen-bond donors (Lipinski definition) is 0. The number of hydrogen-bond acceptors (Lipinski definition) is 4. The van der Waals surface area contributed by atoms with Crippen molar-refractivity contribution in [2.24, 2.45) is 0 Å². The van der Waals surface area contributed by atoms with Crippen LogP contribution in [0.3, 0.4) is 0 Å². The number of ether oxygens (including phenoxy) is 2. The van der Waals surface area contributed by atoms with Crippen LogP contribution in [-0.2, 0) is 6.61 Å². The quantitative estimate of drug-likeness (QED) is 0.702. The summed E-state index contributed by atoms with van der Waals surface area (Å²) in [7, 11) is 1.43. The van der Waals surface area contributed by atoms with Gasteiger partial charge in [-0.05, 0) is 34.1 Å². The Labute approximate surface area is 140 Å². The number of halogens is 3. The number of pyridine rings is 1. The number of nitrogens with zero attached hydrogens (tertiary/aromatic N) is 1. The van der Waals surface area contributed by atoms with Crippen LogP contribution in [0.5, 0.6) is 11.6 Å². The maximum atomic E-state index is 10.9. The van der Waals surface area contributed by atoms with Gasteiger partial charge in [-0.2, -0.15) is 0 Å². The standard InChI is InChI=1S/C14H10BrCl2NO3/c1-20-14-8(6-19)5-10(16)11(18-14)7-21-12-4-2-3-9(15)13(12)17/h2-6H,7H2,1H3. The smallest absolute Gasteiger partial charge is 0.224 e. The molecule has 4 nitrogen and oxygen atoms in total. The van der Waals surface area contributed by atoms with Crippen LogP contribution < -0.4 is 9.47 Å². The third kappa shape index (κ3) is 3.67. The van der Waals surface area contributed by atoms with Gasteiger partial charge in [0.2, 0.25) is 5.88 Å². The Morgan fingerprint density at radius 3 is 2.81 bits per heavy atom. The van der Waals surface area contributed by atoms with E-state index in [2.05, 4.69) is 20.9 Å². The fraction of sp³-hybridized carbons (Fsp3) is 0.143. The summed E-state index contributed by atoms with van der Waals surface area (Å²) in [6.45, 7) is 0.102. The molecule has 0 fully saturated rings. The monoisotopic (exact) mass is 389 g/mol. The number of aromatic nitrogens is 1. The first kappa shape index (κ1) is 16.1. The Morgan fingerprint density at radius 2 is 2.14 bits per heavy atom. The molecule has 1 heterocycles. The Morgan fingerprint density at radius 1 is 1.38 bits per heavy atom. The van der Waals surface area contributed by atoms with Gasteiger partial charge in [0.1, 0.15) is 18.1 Å². The molecule has 1 aromatic heterocycles. The summed E-state index contributed by atoms with van der Waals surface area (Å²) < 4.78 is 11.4. The van der Waals surface area contributed by atoms with Crippen LogP contribution in [0.2, 0.25) is 10.0 Å². The third-order valence-electron chi connectivity index (χ3n) is 2.64. The molecule has 0 aliphatic heterocycles. The van der Waals surface area contributed by atoms with Crippen molar-refractivity contribution in [3.05, 3.63) is 50.0 Å². The van der Waals surface area contributed by atoms with Crippen LogP contribution in [0, 0.1) is 0 Å². The van der Waals surface area contributed by atoms with Crippen LogP contribution in [0.15, 0.2) is 28.7 Å². The van der Waals surface area contributed by atoms with Gasteiger partial charge in [0.15, 0.2) is 6.29 Å². The minimum absolute atomic E-state index is 0.102. The molecule has 1 aromatic carbocycles. The van der Waals surface area contributed by atoms with E-state index >= 15 is 0 Å². The summed E-state index contributed by atoms with van der Waals surface area (Å²) in [5.74, 6) is 0.704. The van der Waals surface area contributed by atoms with E-state index in [1.807, 2.05) is 6.07 Å². The summed E-state index contributed by atoms with van der Waals surface area (Å²) in [5.41, 5.74) is 0.738. The first-order chi connectivity index (χ1) is 10.1. The second-order valence-electron chi connectivity index (χ2n) is 3.97. The van der Waals surface area contributed by atoms with E-state index in [1.54, 1.807) is 12.1 Å². The lowest BCUT2D eigenvalue weighted by atomic mass is 10.2. The van der Waals surface area contributed by atoms with Crippen LogP contribution in [0.4, 0.5) is 0 Å².